The molecular weight excluding hydrogens is 430 g/mol. The lowest BCUT2D eigenvalue weighted by molar-refractivity contribution is -0.314. The molecule has 3 fully saturated rings. The van der Waals surface area contributed by atoms with E-state index in [2.05, 4.69) is 0 Å². The first-order chi connectivity index (χ1) is 15.1. The van der Waals surface area contributed by atoms with Gasteiger partial charge < -0.3 is 73.1 Å². The topological polar surface area (TPSA) is 268 Å². The maximum absolute atomic E-state index is 11.0. The third kappa shape index (κ3) is 5.24. The molecule has 188 valence electrons. The Labute approximate surface area is 185 Å². The molecule has 15 N–H and O–H groups in total. The second-order valence-electron chi connectivity index (χ2n) is 8.78. The number of rotatable bonds is 6. The summed E-state index contributed by atoms with van der Waals surface area (Å²) in [5.41, 5.74) is 29.8. The van der Waals surface area contributed by atoms with Crippen molar-refractivity contribution in [3.63, 3.8) is 0 Å². The molecule has 14 atom stereocenters. The van der Waals surface area contributed by atoms with Crippen LogP contribution in [0.25, 0.3) is 0 Å². The Balaban J connectivity index is 1.70. The lowest BCUT2D eigenvalue weighted by Gasteiger charge is -2.47. The van der Waals surface area contributed by atoms with Crippen LogP contribution in [0.3, 0.4) is 0 Å². The Morgan fingerprint density at radius 3 is 1.84 bits per heavy atom. The van der Waals surface area contributed by atoms with Crippen molar-refractivity contribution < 1.29 is 44.5 Å². The average Bonchev–Trinajstić information content (AvgIpc) is 2.75. The molecule has 2 saturated heterocycles. The van der Waals surface area contributed by atoms with E-state index >= 15 is 0 Å². The number of hydrogen-bond acceptors (Lipinski definition) is 14. The molecule has 1 saturated carbocycles. The summed E-state index contributed by atoms with van der Waals surface area (Å²) in [7, 11) is 0. The molecule has 0 radical (unpaired) electrons. The maximum Gasteiger partial charge on any atom is 0.186 e. The summed E-state index contributed by atoms with van der Waals surface area (Å²) in [5.74, 6) is 0. The third-order valence-corrected chi connectivity index (χ3v) is 6.41. The molecule has 3 aliphatic rings. The van der Waals surface area contributed by atoms with Crippen molar-refractivity contribution in [2.45, 2.75) is 98.4 Å². The van der Waals surface area contributed by atoms with Crippen LogP contribution in [-0.2, 0) is 18.9 Å². The molecule has 0 unspecified atom stereocenters. The number of aliphatic hydroxyl groups excluding tert-OH is 5. The van der Waals surface area contributed by atoms with Crippen LogP contribution in [-0.4, -0.2) is 124 Å². The predicted octanol–water partition coefficient (Wildman–Crippen LogP) is -6.30. The number of aliphatic hydroxyl groups is 5. The molecule has 2 aliphatic heterocycles. The zero-order chi connectivity index (χ0) is 23.7. The minimum Gasteiger partial charge on any atom is -0.394 e. The van der Waals surface area contributed by atoms with Crippen molar-refractivity contribution in [3.05, 3.63) is 0 Å². The first kappa shape index (κ1) is 26.1. The average molecular weight is 468 g/mol. The highest BCUT2D eigenvalue weighted by molar-refractivity contribution is 5.01. The Bertz CT molecular complexity index is 607. The van der Waals surface area contributed by atoms with E-state index < -0.39 is 92.2 Å². The lowest BCUT2D eigenvalue weighted by atomic mass is 9.84. The molecule has 0 bridgehead atoms. The van der Waals surface area contributed by atoms with Gasteiger partial charge in [-0.2, -0.15) is 0 Å². The summed E-state index contributed by atoms with van der Waals surface area (Å²) < 4.78 is 22.7. The van der Waals surface area contributed by atoms with Gasteiger partial charge in [-0.05, 0) is 12.8 Å². The quantitative estimate of drug-likeness (QED) is 0.174. The fourth-order valence-corrected chi connectivity index (χ4v) is 4.43. The van der Waals surface area contributed by atoms with Crippen molar-refractivity contribution >= 4 is 0 Å². The van der Waals surface area contributed by atoms with Gasteiger partial charge in [0.25, 0.3) is 0 Å². The fourth-order valence-electron chi connectivity index (χ4n) is 4.43. The number of ether oxygens (including phenoxy) is 4. The summed E-state index contributed by atoms with van der Waals surface area (Å²) in [6.45, 7) is -0.499. The van der Waals surface area contributed by atoms with E-state index in [4.69, 9.17) is 47.6 Å². The smallest absolute Gasteiger partial charge is 0.186 e. The Morgan fingerprint density at radius 2 is 1.28 bits per heavy atom. The molecule has 1 aliphatic carbocycles. The molecule has 3 rings (SSSR count). The highest BCUT2D eigenvalue weighted by Crippen LogP contribution is 2.30. The third-order valence-electron chi connectivity index (χ3n) is 6.41. The van der Waals surface area contributed by atoms with E-state index in [0.717, 1.165) is 0 Å². The van der Waals surface area contributed by atoms with Crippen molar-refractivity contribution in [2.75, 3.05) is 13.2 Å². The van der Waals surface area contributed by atoms with E-state index in [9.17, 15) is 25.5 Å². The first-order valence-corrected chi connectivity index (χ1v) is 10.8. The standard InChI is InChI=1S/C18H37N5O9/c19-3-9-8(25)2-7(22)17(29-9)31-15-5(20)1-6(21)16(14(15)28)32-18-13(27)11(23)12(26)10(4-24)30-18/h5-18,24-28H,1-4,19-23H2/t5-,6+,7-,8-,9+,10-,11+,12+,13+,14+,15+,16+,17-,18+/m1/s1. The van der Waals surface area contributed by atoms with Gasteiger partial charge in [-0.25, -0.2) is 0 Å². The first-order valence-electron chi connectivity index (χ1n) is 10.8. The van der Waals surface area contributed by atoms with Crippen molar-refractivity contribution in [3.8, 4) is 0 Å². The van der Waals surface area contributed by atoms with Crippen LogP contribution in [0.5, 0.6) is 0 Å². The normalized spacial score (nSPS) is 52.7. The minimum atomic E-state index is -1.44. The Hall–Kier alpha value is -0.560. The van der Waals surface area contributed by atoms with E-state index in [1.165, 1.54) is 0 Å². The van der Waals surface area contributed by atoms with Gasteiger partial charge in [0.15, 0.2) is 12.6 Å². The van der Waals surface area contributed by atoms with Gasteiger partial charge in [-0.3, -0.25) is 0 Å². The molecule has 14 heteroatoms. The van der Waals surface area contributed by atoms with Crippen LogP contribution >= 0.6 is 0 Å². The molecule has 0 aromatic rings. The number of nitrogens with two attached hydrogens (primary N) is 5. The molecule has 0 amide bonds. The van der Waals surface area contributed by atoms with Crippen molar-refractivity contribution in [1.29, 1.82) is 0 Å². The molecule has 0 aromatic carbocycles. The molecule has 0 aromatic heterocycles. The molecule has 2 heterocycles. The highest BCUT2D eigenvalue weighted by Gasteiger charge is 2.50. The summed E-state index contributed by atoms with van der Waals surface area (Å²) in [6.07, 6.45) is -10.8. The lowest BCUT2D eigenvalue weighted by Crippen LogP contribution is -2.68. The Kier molecular flexibility index (Phi) is 8.79. The maximum atomic E-state index is 11.0. The second kappa shape index (κ2) is 10.8. The fraction of sp³-hybridized carbons (Fsp3) is 1.00. The highest BCUT2D eigenvalue weighted by atomic mass is 16.7. The molecule has 14 nitrogen and oxygen atoms in total. The van der Waals surface area contributed by atoms with Gasteiger partial charge in [-0.1, -0.05) is 0 Å². The van der Waals surface area contributed by atoms with Gasteiger partial charge in [0.1, 0.15) is 36.6 Å². The van der Waals surface area contributed by atoms with E-state index in [-0.39, 0.29) is 19.4 Å². The summed E-state index contributed by atoms with van der Waals surface area (Å²) in [4.78, 5) is 0. The van der Waals surface area contributed by atoms with Gasteiger partial charge >= 0.3 is 0 Å². The second-order valence-corrected chi connectivity index (χ2v) is 8.78. The summed E-state index contributed by atoms with van der Waals surface area (Å²) in [6, 6.07) is -3.27. The van der Waals surface area contributed by atoms with E-state index in [1.54, 1.807) is 0 Å². The SMILES string of the molecule is NC[C@@H]1O[C@H](O[C@@H]2[C@H](O)[C@@H](O[C@@H]3O[C@H](CO)[C@H](O)[C@H](N)[C@@H]3O)[C@@H](N)C[C@H]2N)[C@H](N)C[C@H]1O. The van der Waals surface area contributed by atoms with Crippen LogP contribution in [0.4, 0.5) is 0 Å². The van der Waals surface area contributed by atoms with E-state index in [0.29, 0.717) is 0 Å². The zero-order valence-electron chi connectivity index (χ0n) is 17.7. The predicted molar refractivity (Wildman–Crippen MR) is 108 cm³/mol. The van der Waals surface area contributed by atoms with Crippen LogP contribution in [0, 0.1) is 0 Å². The zero-order valence-corrected chi connectivity index (χ0v) is 17.7. The van der Waals surface area contributed by atoms with E-state index in [1.807, 2.05) is 0 Å². The molecule has 0 spiro atoms. The van der Waals surface area contributed by atoms with Crippen molar-refractivity contribution in [2.24, 2.45) is 28.7 Å². The summed E-state index contributed by atoms with van der Waals surface area (Å²) >= 11 is 0. The monoisotopic (exact) mass is 467 g/mol. The summed E-state index contributed by atoms with van der Waals surface area (Å²) in [5, 5.41) is 50.7. The van der Waals surface area contributed by atoms with Gasteiger partial charge in [0.05, 0.1) is 30.9 Å². The van der Waals surface area contributed by atoms with Gasteiger partial charge in [0, 0.05) is 18.6 Å². The van der Waals surface area contributed by atoms with Crippen LogP contribution in [0.2, 0.25) is 0 Å². The van der Waals surface area contributed by atoms with Crippen LogP contribution < -0.4 is 28.7 Å². The molecular formula is C18H37N5O9. The van der Waals surface area contributed by atoms with Crippen molar-refractivity contribution in [1.82, 2.24) is 0 Å². The van der Waals surface area contributed by atoms with Gasteiger partial charge in [0.2, 0.25) is 0 Å². The van der Waals surface area contributed by atoms with Crippen LogP contribution in [0.1, 0.15) is 12.8 Å². The minimum absolute atomic E-state index is 0.0542. The Morgan fingerprint density at radius 1 is 0.719 bits per heavy atom. The van der Waals surface area contributed by atoms with Gasteiger partial charge in [-0.15, -0.1) is 0 Å². The largest absolute Gasteiger partial charge is 0.394 e. The number of hydrogen-bond donors (Lipinski definition) is 10. The van der Waals surface area contributed by atoms with Crippen LogP contribution in [0.15, 0.2) is 0 Å². The molecule has 32 heavy (non-hydrogen) atoms.